The first-order chi connectivity index (χ1) is 12.3. The van der Waals surface area contributed by atoms with Gasteiger partial charge in [0.1, 0.15) is 0 Å². The number of hydrogen-bond acceptors (Lipinski definition) is 5. The Morgan fingerprint density at radius 1 is 1.31 bits per heavy atom. The molecule has 0 saturated heterocycles. The minimum absolute atomic E-state index is 0.0786. The van der Waals surface area contributed by atoms with Crippen molar-refractivity contribution in [3.05, 3.63) is 40.6 Å². The van der Waals surface area contributed by atoms with E-state index in [0.717, 1.165) is 9.77 Å². The van der Waals surface area contributed by atoms with Crippen LogP contribution in [0.4, 0.5) is 5.69 Å². The highest BCUT2D eigenvalue weighted by atomic mass is 32.2. The molecule has 5 nitrogen and oxygen atoms in total. The molecule has 1 aromatic carbocycles. The number of thiophene rings is 1. The topological polar surface area (TPSA) is 66.5 Å². The third-order valence-electron chi connectivity index (χ3n) is 4.22. The lowest BCUT2D eigenvalue weighted by Gasteiger charge is -2.26. The fraction of sp³-hybridized carbons (Fsp3) is 0.389. The number of benzene rings is 1. The minimum atomic E-state index is -3.67. The Balaban J connectivity index is 1.96. The lowest BCUT2D eigenvalue weighted by Crippen LogP contribution is -2.36. The minimum Gasteiger partial charge on any atom is -0.325 e. The predicted molar refractivity (Wildman–Crippen MR) is 107 cm³/mol. The van der Waals surface area contributed by atoms with Crippen LogP contribution in [-0.2, 0) is 21.4 Å². The zero-order valence-corrected chi connectivity index (χ0v) is 17.4. The van der Waals surface area contributed by atoms with E-state index in [-0.39, 0.29) is 22.8 Å². The number of carbonyl (C=O) groups excluding carboxylic acids is 1. The van der Waals surface area contributed by atoms with Crippen LogP contribution in [-0.4, -0.2) is 30.4 Å². The fourth-order valence-electron chi connectivity index (χ4n) is 2.68. The number of amides is 1. The number of hydrogen-bond donors (Lipinski definition) is 1. The lowest BCUT2D eigenvalue weighted by atomic mass is 10.2. The highest BCUT2D eigenvalue weighted by Gasteiger charge is 2.29. The van der Waals surface area contributed by atoms with Gasteiger partial charge in [0, 0.05) is 34.0 Å². The Hall–Kier alpha value is -1.35. The Bertz CT molecular complexity index is 892. The summed E-state index contributed by atoms with van der Waals surface area (Å²) in [6.45, 7) is 5.95. The summed E-state index contributed by atoms with van der Waals surface area (Å²) in [7, 11) is -3.67. The van der Waals surface area contributed by atoms with E-state index in [0.29, 0.717) is 18.0 Å². The molecule has 1 aliphatic heterocycles. The van der Waals surface area contributed by atoms with Gasteiger partial charge in [-0.05, 0) is 43.5 Å². The summed E-state index contributed by atoms with van der Waals surface area (Å²) < 4.78 is 28.0. The maximum atomic E-state index is 13.2. The van der Waals surface area contributed by atoms with Crippen LogP contribution in [0.5, 0.6) is 0 Å². The molecule has 0 bridgehead atoms. The van der Waals surface area contributed by atoms with Gasteiger partial charge in [-0.1, -0.05) is 13.0 Å². The molecule has 0 fully saturated rings. The number of carbonyl (C=O) groups is 1. The van der Waals surface area contributed by atoms with E-state index in [4.69, 9.17) is 0 Å². The maximum absolute atomic E-state index is 13.2. The zero-order valence-electron chi connectivity index (χ0n) is 14.9. The fourth-order valence-corrected chi connectivity index (χ4v) is 6.11. The van der Waals surface area contributed by atoms with Gasteiger partial charge in [0.2, 0.25) is 15.9 Å². The van der Waals surface area contributed by atoms with E-state index < -0.39 is 10.0 Å². The van der Waals surface area contributed by atoms with Crippen LogP contribution in [0.25, 0.3) is 0 Å². The van der Waals surface area contributed by atoms with Crippen LogP contribution >= 0.6 is 23.1 Å². The number of fused-ring (bicyclic) bond motifs is 1. The van der Waals surface area contributed by atoms with Crippen molar-refractivity contribution in [1.82, 2.24) is 4.31 Å². The molecule has 1 atom stereocenters. The average Bonchev–Trinajstić information content (AvgIpc) is 3.06. The normalized spacial score (nSPS) is 17.9. The van der Waals surface area contributed by atoms with Crippen LogP contribution in [0.3, 0.4) is 0 Å². The summed E-state index contributed by atoms with van der Waals surface area (Å²) in [6, 6.07) is 8.68. The van der Waals surface area contributed by atoms with Crippen molar-refractivity contribution in [1.29, 1.82) is 0 Å². The molecule has 0 spiro atoms. The van der Waals surface area contributed by atoms with E-state index in [1.165, 1.54) is 15.6 Å². The van der Waals surface area contributed by atoms with E-state index in [1.807, 2.05) is 38.3 Å². The second-order valence-electron chi connectivity index (χ2n) is 6.58. The van der Waals surface area contributed by atoms with Crippen molar-refractivity contribution in [2.24, 2.45) is 5.92 Å². The molecular weight excluding hydrogens is 388 g/mol. The molecule has 3 rings (SSSR count). The van der Waals surface area contributed by atoms with Crippen molar-refractivity contribution in [3.63, 3.8) is 0 Å². The number of nitrogens with zero attached hydrogens (tertiary/aromatic N) is 1. The molecule has 2 heterocycles. The second-order valence-corrected chi connectivity index (χ2v) is 10.6. The van der Waals surface area contributed by atoms with Gasteiger partial charge in [0.25, 0.3) is 0 Å². The molecule has 2 aromatic rings. The molecule has 1 aliphatic rings. The number of thioether (sulfide) groups is 1. The molecular formula is C18H22N2O3S3. The predicted octanol–water partition coefficient (Wildman–Crippen LogP) is 4.03. The van der Waals surface area contributed by atoms with Crippen molar-refractivity contribution in [2.75, 3.05) is 11.1 Å². The third kappa shape index (κ3) is 3.98. The molecule has 8 heteroatoms. The van der Waals surface area contributed by atoms with Gasteiger partial charge in [0.15, 0.2) is 0 Å². The first kappa shape index (κ1) is 19.4. The first-order valence-electron chi connectivity index (χ1n) is 8.41. The molecule has 0 unspecified atom stereocenters. The summed E-state index contributed by atoms with van der Waals surface area (Å²) in [5.41, 5.74) is 0.574. The van der Waals surface area contributed by atoms with Crippen molar-refractivity contribution in [3.8, 4) is 0 Å². The molecule has 0 saturated carbocycles. The maximum Gasteiger partial charge on any atom is 0.243 e. The van der Waals surface area contributed by atoms with Gasteiger partial charge in [0.05, 0.1) is 10.6 Å². The number of rotatable bonds is 5. The molecule has 1 aromatic heterocycles. The van der Waals surface area contributed by atoms with Gasteiger partial charge in [-0.3, -0.25) is 4.79 Å². The third-order valence-corrected chi connectivity index (χ3v) is 8.43. The number of nitrogens with one attached hydrogen (secondary N) is 1. The van der Waals surface area contributed by atoms with Gasteiger partial charge >= 0.3 is 0 Å². The van der Waals surface area contributed by atoms with Crippen LogP contribution in [0.1, 0.15) is 25.6 Å². The highest BCUT2D eigenvalue weighted by molar-refractivity contribution is 7.99. The van der Waals surface area contributed by atoms with Gasteiger partial charge in [-0.15, -0.1) is 23.1 Å². The van der Waals surface area contributed by atoms with Gasteiger partial charge in [-0.25, -0.2) is 8.42 Å². The second kappa shape index (κ2) is 7.72. The molecule has 1 N–H and O–H groups in total. The average molecular weight is 411 g/mol. The summed E-state index contributed by atoms with van der Waals surface area (Å²) >= 11 is 3.11. The largest absolute Gasteiger partial charge is 0.325 e. The highest BCUT2D eigenvalue weighted by Crippen LogP contribution is 2.35. The van der Waals surface area contributed by atoms with Crippen LogP contribution < -0.4 is 5.32 Å². The van der Waals surface area contributed by atoms with Crippen LogP contribution in [0.2, 0.25) is 0 Å². The summed E-state index contributed by atoms with van der Waals surface area (Å²) in [6.07, 6.45) is 0. The van der Waals surface area contributed by atoms with Gasteiger partial charge in [-0.2, -0.15) is 4.31 Å². The van der Waals surface area contributed by atoms with E-state index in [9.17, 15) is 13.2 Å². The van der Waals surface area contributed by atoms with Crippen molar-refractivity contribution < 1.29 is 13.2 Å². The van der Waals surface area contributed by atoms with Crippen LogP contribution in [0.15, 0.2) is 45.5 Å². The molecule has 1 amide bonds. The Morgan fingerprint density at radius 2 is 2.08 bits per heavy atom. The summed E-state index contributed by atoms with van der Waals surface area (Å²) in [5, 5.41) is 4.80. The van der Waals surface area contributed by atoms with Crippen LogP contribution in [0, 0.1) is 5.92 Å². The molecule has 0 aliphatic carbocycles. The Kier molecular flexibility index (Phi) is 5.76. The zero-order chi connectivity index (χ0) is 18.9. The number of anilines is 1. The molecule has 140 valence electrons. The molecule has 0 radical (unpaired) electrons. The van der Waals surface area contributed by atoms with E-state index >= 15 is 0 Å². The SMILES string of the molecule is CC(C)N(Cc1cccs1)S(=O)(=O)c1ccc2c(c1)NC(=O)[C@@H](C)CS2. The molecule has 26 heavy (non-hydrogen) atoms. The van der Waals surface area contributed by atoms with E-state index in [2.05, 4.69) is 5.32 Å². The monoisotopic (exact) mass is 410 g/mol. The first-order valence-corrected chi connectivity index (χ1v) is 11.7. The summed E-state index contributed by atoms with van der Waals surface area (Å²) in [5.74, 6) is 0.491. The Labute approximate surface area is 162 Å². The van der Waals surface area contributed by atoms with Crippen molar-refractivity contribution in [2.45, 2.75) is 43.1 Å². The standard InChI is InChI=1S/C18H22N2O3S3/c1-12(2)20(10-14-5-4-8-24-14)26(22,23)15-6-7-17-16(9-15)19-18(21)13(3)11-25-17/h4-9,12-13H,10-11H2,1-3H3,(H,19,21)/t13-/m0/s1. The quantitative estimate of drug-likeness (QED) is 0.808. The smallest absolute Gasteiger partial charge is 0.243 e. The number of sulfonamides is 1. The Morgan fingerprint density at radius 3 is 2.73 bits per heavy atom. The van der Waals surface area contributed by atoms with Gasteiger partial charge < -0.3 is 5.32 Å². The lowest BCUT2D eigenvalue weighted by molar-refractivity contribution is -0.118. The summed E-state index contributed by atoms with van der Waals surface area (Å²) in [4.78, 5) is 14.2. The van der Waals surface area contributed by atoms with E-state index in [1.54, 1.807) is 30.0 Å². The van der Waals surface area contributed by atoms with Crippen molar-refractivity contribution >= 4 is 44.7 Å².